The van der Waals surface area contributed by atoms with Crippen molar-refractivity contribution < 1.29 is 24.0 Å². The first kappa shape index (κ1) is 13.1. The smallest absolute Gasteiger partial charge is 0.303 e. The Hall–Kier alpha value is -0.0100. The Morgan fingerprint density at radius 2 is 2.13 bits per heavy atom. The van der Waals surface area contributed by atoms with Crippen molar-refractivity contribution >= 4 is 7.82 Å². The summed E-state index contributed by atoms with van der Waals surface area (Å²) < 4.78 is 15.3. The Balaban J connectivity index is 2.57. The highest BCUT2D eigenvalue weighted by molar-refractivity contribution is 7.46. The molecule has 0 aliphatic carbocycles. The number of likely N-dealkylation sites (N-methyl/N-ethyl adjacent to an activating group) is 1. The molecule has 7 nitrogen and oxygen atoms in total. The average Bonchev–Trinajstić information content (AvgIpc) is 2.07. The van der Waals surface area contributed by atoms with Gasteiger partial charge in [-0.15, -0.1) is 0 Å². The van der Waals surface area contributed by atoms with Gasteiger partial charge in [0, 0.05) is 26.2 Å². The van der Waals surface area contributed by atoms with Gasteiger partial charge in [-0.3, -0.25) is 9.42 Å². The fraction of sp³-hybridized carbons (Fsp3) is 1.00. The van der Waals surface area contributed by atoms with Crippen molar-refractivity contribution in [2.75, 3.05) is 39.8 Å². The van der Waals surface area contributed by atoms with Gasteiger partial charge in [0.25, 0.3) is 0 Å². The molecule has 15 heavy (non-hydrogen) atoms. The number of hydrogen-bond acceptors (Lipinski definition) is 4. The van der Waals surface area contributed by atoms with Crippen molar-refractivity contribution in [3.8, 4) is 0 Å². The fourth-order valence-corrected chi connectivity index (χ4v) is 2.07. The monoisotopic (exact) mass is 239 g/mol. The van der Waals surface area contributed by atoms with E-state index < -0.39 is 14.1 Å². The summed E-state index contributed by atoms with van der Waals surface area (Å²) in [4.78, 5) is 21.0. The van der Waals surface area contributed by atoms with Gasteiger partial charge in [-0.2, -0.15) is 0 Å². The molecule has 0 saturated carbocycles. The van der Waals surface area contributed by atoms with Crippen molar-refractivity contribution in [2.45, 2.75) is 6.23 Å². The number of phosphoric ester groups is 1. The van der Waals surface area contributed by atoms with Gasteiger partial charge in [0.2, 0.25) is 0 Å². The van der Waals surface area contributed by atoms with E-state index in [0.29, 0.717) is 13.1 Å². The zero-order valence-corrected chi connectivity index (χ0v) is 9.47. The summed E-state index contributed by atoms with van der Waals surface area (Å²) in [5, 5.41) is 10.5. The van der Waals surface area contributed by atoms with Gasteiger partial charge in [0.15, 0.2) is 0 Å². The van der Waals surface area contributed by atoms with Crippen molar-refractivity contribution in [3.63, 3.8) is 0 Å². The Morgan fingerprint density at radius 1 is 1.47 bits per heavy atom. The summed E-state index contributed by atoms with van der Waals surface area (Å²) >= 11 is 0. The van der Waals surface area contributed by atoms with Gasteiger partial charge in [-0.05, 0) is 7.05 Å². The molecule has 1 unspecified atom stereocenters. The maximum Gasteiger partial charge on any atom is 0.471 e. The molecule has 0 amide bonds. The van der Waals surface area contributed by atoms with Crippen LogP contribution >= 0.6 is 7.82 Å². The van der Waals surface area contributed by atoms with Crippen molar-refractivity contribution in [1.29, 1.82) is 0 Å². The first-order chi connectivity index (χ1) is 6.92. The maximum absolute atomic E-state index is 10.7. The van der Waals surface area contributed by atoms with Crippen molar-refractivity contribution in [2.24, 2.45) is 0 Å². The highest BCUT2D eigenvalue weighted by Gasteiger charge is 2.31. The predicted octanol–water partition coefficient (Wildman–Crippen LogP) is -0.900. The third-order valence-corrected chi connectivity index (χ3v) is 2.80. The van der Waals surface area contributed by atoms with Crippen LogP contribution in [-0.4, -0.2) is 65.6 Å². The lowest BCUT2D eigenvalue weighted by Crippen LogP contribution is -2.53. The van der Waals surface area contributed by atoms with E-state index in [1.54, 1.807) is 4.90 Å². The summed E-state index contributed by atoms with van der Waals surface area (Å²) in [7, 11) is -2.65. The largest absolute Gasteiger partial charge is 0.471 e. The van der Waals surface area contributed by atoms with Crippen LogP contribution in [0.3, 0.4) is 0 Å². The van der Waals surface area contributed by atoms with Crippen LogP contribution in [-0.2, 0) is 14.2 Å². The van der Waals surface area contributed by atoms with E-state index >= 15 is 0 Å². The standard InChI is InChI=1S/C7H16N2O5P/c1-8-2-3-9(4-5-10)7(6-8)14-15(11,12)13/h7H,2-6H2,1H3,(H2,11,12,13). The molecule has 1 saturated heterocycles. The van der Waals surface area contributed by atoms with E-state index in [-0.39, 0.29) is 13.2 Å². The molecule has 1 aliphatic rings. The van der Waals surface area contributed by atoms with E-state index in [0.717, 1.165) is 6.54 Å². The second-order valence-corrected chi connectivity index (χ2v) is 4.74. The Morgan fingerprint density at radius 3 is 2.67 bits per heavy atom. The number of hydrogen-bond donors (Lipinski definition) is 2. The molecule has 1 radical (unpaired) electrons. The molecule has 0 spiro atoms. The molecule has 0 aromatic heterocycles. The molecule has 1 atom stereocenters. The zero-order valence-electron chi connectivity index (χ0n) is 8.57. The van der Waals surface area contributed by atoms with Crippen LogP contribution in [0.25, 0.3) is 0 Å². The van der Waals surface area contributed by atoms with Gasteiger partial charge >= 0.3 is 7.82 Å². The Kier molecular flexibility index (Phi) is 4.66. The zero-order chi connectivity index (χ0) is 11.5. The van der Waals surface area contributed by atoms with E-state index in [2.05, 4.69) is 4.52 Å². The van der Waals surface area contributed by atoms with Crippen LogP contribution < -0.4 is 0 Å². The number of phosphoric acid groups is 1. The quantitative estimate of drug-likeness (QED) is 0.617. The van der Waals surface area contributed by atoms with E-state index in [4.69, 9.17) is 9.79 Å². The van der Waals surface area contributed by atoms with Crippen LogP contribution in [0.1, 0.15) is 0 Å². The van der Waals surface area contributed by atoms with Gasteiger partial charge in [0.05, 0.1) is 6.61 Å². The topological polar surface area (TPSA) is 93.1 Å². The number of rotatable bonds is 4. The molecule has 1 rings (SSSR count). The number of nitrogens with zero attached hydrogens (tertiary/aromatic N) is 2. The molecule has 0 aromatic carbocycles. The average molecular weight is 239 g/mol. The van der Waals surface area contributed by atoms with Crippen LogP contribution in [0.4, 0.5) is 0 Å². The lowest BCUT2D eigenvalue weighted by atomic mass is 10.3. The predicted molar refractivity (Wildman–Crippen MR) is 51.5 cm³/mol. The minimum absolute atomic E-state index is 0.249. The molecule has 0 bridgehead atoms. The third-order valence-electron chi connectivity index (χ3n) is 2.28. The molecule has 8 heteroatoms. The summed E-state index contributed by atoms with van der Waals surface area (Å²) in [5.74, 6) is 0. The SMILES string of the molecule is CN1CCN(CC[O])C(OP(=O)(O)O)C1. The highest BCUT2D eigenvalue weighted by atomic mass is 31.2. The van der Waals surface area contributed by atoms with E-state index in [1.165, 1.54) is 0 Å². The Bertz CT molecular complexity index is 246. The second-order valence-electron chi connectivity index (χ2n) is 3.55. The lowest BCUT2D eigenvalue weighted by molar-refractivity contribution is -0.0550. The molecule has 89 valence electrons. The van der Waals surface area contributed by atoms with Crippen molar-refractivity contribution in [3.05, 3.63) is 0 Å². The molecular formula is C7H16N2O5P. The summed E-state index contributed by atoms with van der Waals surface area (Å²) in [6, 6.07) is 0. The fourth-order valence-electron chi connectivity index (χ4n) is 1.55. The molecule has 2 N–H and O–H groups in total. The van der Waals surface area contributed by atoms with Gasteiger partial charge in [0.1, 0.15) is 6.23 Å². The van der Waals surface area contributed by atoms with Crippen LogP contribution in [0.5, 0.6) is 0 Å². The first-order valence-electron chi connectivity index (χ1n) is 4.67. The third kappa shape index (κ3) is 4.56. The lowest BCUT2D eigenvalue weighted by Gasteiger charge is -2.38. The van der Waals surface area contributed by atoms with Crippen LogP contribution in [0.2, 0.25) is 0 Å². The highest BCUT2D eigenvalue weighted by Crippen LogP contribution is 2.38. The molecule has 1 fully saturated rings. The van der Waals surface area contributed by atoms with E-state index in [1.807, 2.05) is 11.9 Å². The summed E-state index contributed by atoms with van der Waals surface area (Å²) in [6.45, 7) is 1.69. The molecule has 1 heterocycles. The molecule has 0 aromatic rings. The number of piperazine rings is 1. The summed E-state index contributed by atoms with van der Waals surface area (Å²) in [5.41, 5.74) is 0. The van der Waals surface area contributed by atoms with Gasteiger partial charge in [-0.25, -0.2) is 9.67 Å². The minimum Gasteiger partial charge on any atom is -0.303 e. The van der Waals surface area contributed by atoms with Gasteiger partial charge < -0.3 is 14.7 Å². The minimum atomic E-state index is -4.49. The van der Waals surface area contributed by atoms with Gasteiger partial charge in [-0.1, -0.05) is 0 Å². The Labute approximate surface area is 88.5 Å². The first-order valence-corrected chi connectivity index (χ1v) is 6.20. The molecule has 1 aliphatic heterocycles. The maximum atomic E-state index is 10.7. The second kappa shape index (κ2) is 5.36. The summed E-state index contributed by atoms with van der Waals surface area (Å²) in [6.07, 6.45) is -0.696. The van der Waals surface area contributed by atoms with Crippen molar-refractivity contribution in [1.82, 2.24) is 9.80 Å². The van der Waals surface area contributed by atoms with E-state index in [9.17, 15) is 9.67 Å². The van der Waals surface area contributed by atoms with Crippen LogP contribution in [0, 0.1) is 0 Å². The van der Waals surface area contributed by atoms with Crippen LogP contribution in [0.15, 0.2) is 0 Å². The molecular weight excluding hydrogens is 223 g/mol. The normalized spacial score (nSPS) is 25.7.